The molecule has 2 saturated carbocycles. The standard InChI is InChI=1S/C15H19N5O/c1-21-11-4-5-13(16)12(8-11)14-17-18-19-20(14)9-15(6-7-15)10-2-3-10/h4-5,8,10H,2-3,6-7,9,16H2,1H3. The van der Waals surface area contributed by atoms with E-state index in [0.29, 0.717) is 11.1 Å². The lowest BCUT2D eigenvalue weighted by Gasteiger charge is -2.15. The van der Waals surface area contributed by atoms with Crippen LogP contribution in [-0.4, -0.2) is 27.3 Å². The molecule has 0 aliphatic heterocycles. The number of nitrogen functional groups attached to an aromatic ring is 1. The van der Waals surface area contributed by atoms with Gasteiger partial charge in [0, 0.05) is 11.3 Å². The first-order valence-corrected chi connectivity index (χ1v) is 7.42. The van der Waals surface area contributed by atoms with E-state index in [-0.39, 0.29) is 0 Å². The summed E-state index contributed by atoms with van der Waals surface area (Å²) in [7, 11) is 1.64. The Kier molecular flexibility index (Phi) is 2.67. The van der Waals surface area contributed by atoms with Gasteiger partial charge in [-0.3, -0.25) is 0 Å². The molecule has 21 heavy (non-hydrogen) atoms. The summed E-state index contributed by atoms with van der Waals surface area (Å²) in [6.45, 7) is 0.899. The number of ether oxygens (including phenoxy) is 1. The van der Waals surface area contributed by atoms with Gasteiger partial charge < -0.3 is 10.5 Å². The molecule has 0 saturated heterocycles. The van der Waals surface area contributed by atoms with Crippen molar-refractivity contribution in [2.45, 2.75) is 32.2 Å². The minimum atomic E-state index is 0.442. The number of benzene rings is 1. The van der Waals surface area contributed by atoms with E-state index in [0.717, 1.165) is 29.6 Å². The number of anilines is 1. The number of methoxy groups -OCH3 is 1. The quantitative estimate of drug-likeness (QED) is 0.851. The first-order chi connectivity index (χ1) is 10.2. The Morgan fingerprint density at radius 3 is 2.86 bits per heavy atom. The van der Waals surface area contributed by atoms with Crippen LogP contribution in [0, 0.1) is 11.3 Å². The average molecular weight is 285 g/mol. The molecule has 0 spiro atoms. The molecule has 0 radical (unpaired) electrons. The highest BCUT2D eigenvalue weighted by Gasteiger charge is 2.54. The van der Waals surface area contributed by atoms with Crippen molar-refractivity contribution in [3.8, 4) is 17.1 Å². The molecule has 6 heteroatoms. The molecule has 0 bridgehead atoms. The predicted octanol–water partition coefficient (Wildman–Crippen LogP) is 2.12. The van der Waals surface area contributed by atoms with Gasteiger partial charge in [-0.2, -0.15) is 0 Å². The zero-order valence-electron chi connectivity index (χ0n) is 12.1. The number of hydrogen-bond acceptors (Lipinski definition) is 5. The van der Waals surface area contributed by atoms with Gasteiger partial charge in [0.25, 0.3) is 0 Å². The number of nitrogens with zero attached hydrogens (tertiary/aromatic N) is 4. The lowest BCUT2D eigenvalue weighted by Crippen LogP contribution is -2.16. The van der Waals surface area contributed by atoms with Crippen LogP contribution in [0.4, 0.5) is 5.69 Å². The minimum Gasteiger partial charge on any atom is -0.497 e. The van der Waals surface area contributed by atoms with E-state index in [4.69, 9.17) is 10.5 Å². The predicted molar refractivity (Wildman–Crippen MR) is 78.6 cm³/mol. The van der Waals surface area contributed by atoms with Gasteiger partial charge in [-0.1, -0.05) is 0 Å². The highest BCUT2D eigenvalue weighted by molar-refractivity contribution is 5.73. The molecule has 0 amide bonds. The maximum atomic E-state index is 6.09. The zero-order valence-corrected chi connectivity index (χ0v) is 12.1. The topological polar surface area (TPSA) is 78.8 Å². The highest BCUT2D eigenvalue weighted by Crippen LogP contribution is 2.62. The first kappa shape index (κ1) is 12.6. The molecular weight excluding hydrogens is 266 g/mol. The molecule has 2 aromatic rings. The molecule has 4 rings (SSSR count). The van der Waals surface area contributed by atoms with E-state index in [2.05, 4.69) is 15.5 Å². The third-order valence-electron chi connectivity index (χ3n) is 4.83. The van der Waals surface area contributed by atoms with E-state index in [9.17, 15) is 0 Å². The van der Waals surface area contributed by atoms with Crippen molar-refractivity contribution in [3.63, 3.8) is 0 Å². The van der Waals surface area contributed by atoms with Gasteiger partial charge in [0.15, 0.2) is 5.82 Å². The van der Waals surface area contributed by atoms with Crippen LogP contribution in [0.25, 0.3) is 11.4 Å². The van der Waals surface area contributed by atoms with E-state index in [1.807, 2.05) is 22.9 Å². The first-order valence-electron chi connectivity index (χ1n) is 7.42. The van der Waals surface area contributed by atoms with Gasteiger partial charge in [-0.15, -0.1) is 5.10 Å². The van der Waals surface area contributed by atoms with Gasteiger partial charge in [-0.25, -0.2) is 4.68 Å². The molecule has 2 fully saturated rings. The molecule has 1 aromatic heterocycles. The third-order valence-corrected chi connectivity index (χ3v) is 4.83. The van der Waals surface area contributed by atoms with Crippen LogP contribution in [0.15, 0.2) is 18.2 Å². The molecule has 0 atom stereocenters. The van der Waals surface area contributed by atoms with E-state index >= 15 is 0 Å². The Balaban J connectivity index is 1.68. The van der Waals surface area contributed by atoms with Crippen LogP contribution < -0.4 is 10.5 Å². The van der Waals surface area contributed by atoms with Crippen molar-refractivity contribution < 1.29 is 4.74 Å². The second kappa shape index (κ2) is 4.44. The van der Waals surface area contributed by atoms with Crippen molar-refractivity contribution in [2.24, 2.45) is 11.3 Å². The molecule has 2 aliphatic carbocycles. The Labute approximate surface area is 123 Å². The van der Waals surface area contributed by atoms with Crippen LogP contribution in [0.5, 0.6) is 5.75 Å². The highest BCUT2D eigenvalue weighted by atomic mass is 16.5. The molecule has 6 nitrogen and oxygen atoms in total. The fourth-order valence-electron chi connectivity index (χ4n) is 3.21. The molecule has 1 aromatic carbocycles. The summed E-state index contributed by atoms with van der Waals surface area (Å²) >= 11 is 0. The summed E-state index contributed by atoms with van der Waals surface area (Å²) in [5, 5.41) is 12.2. The fraction of sp³-hybridized carbons (Fsp3) is 0.533. The average Bonchev–Trinajstić information content (AvgIpc) is 3.39. The minimum absolute atomic E-state index is 0.442. The lowest BCUT2D eigenvalue weighted by atomic mass is 10.0. The van der Waals surface area contributed by atoms with Crippen molar-refractivity contribution in [1.82, 2.24) is 20.2 Å². The van der Waals surface area contributed by atoms with Crippen LogP contribution >= 0.6 is 0 Å². The van der Waals surface area contributed by atoms with Crippen molar-refractivity contribution in [2.75, 3.05) is 12.8 Å². The Hall–Kier alpha value is -2.11. The van der Waals surface area contributed by atoms with Gasteiger partial charge in [0.05, 0.1) is 13.7 Å². The molecule has 110 valence electrons. The summed E-state index contributed by atoms with van der Waals surface area (Å²) in [4.78, 5) is 0. The second-order valence-corrected chi connectivity index (χ2v) is 6.25. The van der Waals surface area contributed by atoms with Gasteiger partial charge in [-0.05, 0) is 65.6 Å². The molecule has 0 unspecified atom stereocenters. The maximum Gasteiger partial charge on any atom is 0.184 e. The number of aromatic nitrogens is 4. The third kappa shape index (κ3) is 2.14. The van der Waals surface area contributed by atoms with Crippen LogP contribution in [-0.2, 0) is 6.54 Å². The van der Waals surface area contributed by atoms with Crippen molar-refractivity contribution >= 4 is 5.69 Å². The van der Waals surface area contributed by atoms with E-state index in [1.54, 1.807) is 7.11 Å². The summed E-state index contributed by atoms with van der Waals surface area (Å²) in [6.07, 6.45) is 5.31. The van der Waals surface area contributed by atoms with Crippen molar-refractivity contribution in [1.29, 1.82) is 0 Å². The number of rotatable bonds is 5. The molecule has 2 N–H and O–H groups in total. The van der Waals surface area contributed by atoms with Gasteiger partial charge >= 0.3 is 0 Å². The number of hydrogen-bond donors (Lipinski definition) is 1. The summed E-state index contributed by atoms with van der Waals surface area (Å²) in [5.41, 5.74) is 8.04. The Morgan fingerprint density at radius 1 is 1.38 bits per heavy atom. The van der Waals surface area contributed by atoms with Crippen LogP contribution in [0.3, 0.4) is 0 Å². The SMILES string of the molecule is COc1ccc(N)c(-c2nnnn2CC2(C3CC3)CC2)c1. The summed E-state index contributed by atoms with van der Waals surface area (Å²) in [5.74, 6) is 2.37. The van der Waals surface area contributed by atoms with E-state index in [1.165, 1.54) is 25.7 Å². The number of nitrogens with two attached hydrogens (primary N) is 1. The van der Waals surface area contributed by atoms with Crippen LogP contribution in [0.1, 0.15) is 25.7 Å². The monoisotopic (exact) mass is 285 g/mol. The normalized spacial score (nSPS) is 19.5. The second-order valence-electron chi connectivity index (χ2n) is 6.25. The van der Waals surface area contributed by atoms with Crippen molar-refractivity contribution in [3.05, 3.63) is 18.2 Å². The maximum absolute atomic E-state index is 6.09. The summed E-state index contributed by atoms with van der Waals surface area (Å²) in [6, 6.07) is 5.58. The number of tetrazole rings is 1. The Bertz CT molecular complexity index is 672. The van der Waals surface area contributed by atoms with Gasteiger partial charge in [0.2, 0.25) is 0 Å². The lowest BCUT2D eigenvalue weighted by molar-refractivity contribution is 0.348. The smallest absolute Gasteiger partial charge is 0.184 e. The van der Waals surface area contributed by atoms with Crippen LogP contribution in [0.2, 0.25) is 0 Å². The molecule has 1 heterocycles. The zero-order chi connectivity index (χ0) is 14.4. The molecular formula is C15H19N5O. The largest absolute Gasteiger partial charge is 0.497 e. The fourth-order valence-corrected chi connectivity index (χ4v) is 3.21. The molecule has 2 aliphatic rings. The van der Waals surface area contributed by atoms with E-state index < -0.39 is 0 Å². The van der Waals surface area contributed by atoms with Gasteiger partial charge in [0.1, 0.15) is 5.75 Å². The summed E-state index contributed by atoms with van der Waals surface area (Å²) < 4.78 is 7.19. The Morgan fingerprint density at radius 2 is 2.19 bits per heavy atom.